The highest BCUT2D eigenvalue weighted by molar-refractivity contribution is 5.98. The number of carbonyl (C=O) groups excluding carboxylic acids is 1. The summed E-state index contributed by atoms with van der Waals surface area (Å²) in [7, 11) is 0. The van der Waals surface area contributed by atoms with E-state index in [-0.39, 0.29) is 11.5 Å². The summed E-state index contributed by atoms with van der Waals surface area (Å²) in [5.74, 6) is 1.68. The van der Waals surface area contributed by atoms with Gasteiger partial charge in [-0.1, -0.05) is 25.7 Å². The average Bonchev–Trinajstić information content (AvgIpc) is 2.74. The Hall–Kier alpha value is -2.17. The van der Waals surface area contributed by atoms with Crippen molar-refractivity contribution in [3.05, 3.63) is 39.9 Å². The molecule has 0 spiro atoms. The topological polar surface area (TPSA) is 55.2 Å². The quantitative estimate of drug-likeness (QED) is 0.725. The molecule has 3 heterocycles. The highest BCUT2D eigenvalue weighted by Gasteiger charge is 2.36. The molecular formula is C24H31N3O2. The number of piperidine rings is 1. The number of benzene rings is 1. The third-order valence-corrected chi connectivity index (χ3v) is 7.32. The first-order valence-corrected chi connectivity index (χ1v) is 11.6. The second kappa shape index (κ2) is 7.92. The lowest BCUT2D eigenvalue weighted by atomic mass is 9.78. The third kappa shape index (κ3) is 3.49. The maximum Gasteiger partial charge on any atom is 0.261 e. The molecule has 0 bridgehead atoms. The second-order valence-electron chi connectivity index (χ2n) is 9.13. The van der Waals surface area contributed by atoms with Crippen molar-refractivity contribution in [2.24, 2.45) is 5.92 Å². The summed E-state index contributed by atoms with van der Waals surface area (Å²) < 4.78 is 1.86. The van der Waals surface area contributed by atoms with Crippen molar-refractivity contribution in [1.29, 1.82) is 0 Å². The van der Waals surface area contributed by atoms with Crippen LogP contribution in [-0.4, -0.2) is 32.9 Å². The molecule has 3 aliphatic rings. The number of likely N-dealkylation sites (tertiary alicyclic amines) is 1. The minimum Gasteiger partial charge on any atom is -0.335 e. The monoisotopic (exact) mass is 393 g/mol. The SMILES string of the molecule is O=C(c1ccc2c(=O)n3c(nc2c1)CCCCCC3)N1CCC[C@H]2CCCC[C@@H]21. The van der Waals surface area contributed by atoms with E-state index < -0.39 is 0 Å². The molecule has 29 heavy (non-hydrogen) atoms. The summed E-state index contributed by atoms with van der Waals surface area (Å²) in [6.07, 6.45) is 12.6. The van der Waals surface area contributed by atoms with Gasteiger partial charge < -0.3 is 4.90 Å². The van der Waals surface area contributed by atoms with E-state index in [4.69, 9.17) is 4.98 Å². The van der Waals surface area contributed by atoms with Gasteiger partial charge in [0.05, 0.1) is 10.9 Å². The predicted molar refractivity (Wildman–Crippen MR) is 114 cm³/mol. The van der Waals surface area contributed by atoms with Crippen molar-refractivity contribution < 1.29 is 4.79 Å². The lowest BCUT2D eigenvalue weighted by molar-refractivity contribution is 0.0391. The molecule has 1 aliphatic carbocycles. The molecular weight excluding hydrogens is 362 g/mol. The Morgan fingerprint density at radius 2 is 1.76 bits per heavy atom. The number of nitrogens with zero attached hydrogens (tertiary/aromatic N) is 3. The average molecular weight is 394 g/mol. The van der Waals surface area contributed by atoms with Crippen molar-refractivity contribution in [2.45, 2.75) is 83.2 Å². The minimum atomic E-state index is 0.0521. The predicted octanol–water partition coefficient (Wildman–Crippen LogP) is 4.31. The first kappa shape index (κ1) is 18.8. The minimum absolute atomic E-state index is 0.0521. The zero-order valence-electron chi connectivity index (χ0n) is 17.2. The standard InChI is InChI=1S/C24H31N3O2/c28-23(26-15-7-9-17-8-4-5-10-21(17)26)18-12-13-19-20(16-18)25-22-11-3-1-2-6-14-27(22)24(19)29/h12-13,16-17,21H,1-11,14-15H2/t17-,21+/m1/s1. The Balaban J connectivity index is 1.50. The van der Waals surface area contributed by atoms with Crippen molar-refractivity contribution in [2.75, 3.05) is 6.54 Å². The van der Waals surface area contributed by atoms with Gasteiger partial charge in [0, 0.05) is 31.1 Å². The zero-order valence-corrected chi connectivity index (χ0v) is 17.2. The lowest BCUT2D eigenvalue weighted by Crippen LogP contribution is -2.49. The number of rotatable bonds is 1. The van der Waals surface area contributed by atoms with Crippen LogP contribution in [0.1, 0.15) is 80.4 Å². The number of hydrogen-bond donors (Lipinski definition) is 0. The van der Waals surface area contributed by atoms with E-state index in [1.54, 1.807) is 0 Å². The molecule has 5 nitrogen and oxygen atoms in total. The van der Waals surface area contributed by atoms with Gasteiger partial charge in [-0.25, -0.2) is 4.98 Å². The van der Waals surface area contributed by atoms with Gasteiger partial charge in [-0.05, 0) is 62.6 Å². The fraction of sp³-hybridized carbons (Fsp3) is 0.625. The normalized spacial score (nSPS) is 25.0. The van der Waals surface area contributed by atoms with Crippen molar-refractivity contribution in [3.8, 4) is 0 Å². The first-order chi connectivity index (χ1) is 14.2. The van der Waals surface area contributed by atoms with Crippen LogP contribution < -0.4 is 5.56 Å². The van der Waals surface area contributed by atoms with Crippen LogP contribution in [0, 0.1) is 5.92 Å². The molecule has 1 saturated carbocycles. The Morgan fingerprint density at radius 1 is 0.931 bits per heavy atom. The van der Waals surface area contributed by atoms with Crippen molar-refractivity contribution >= 4 is 16.8 Å². The van der Waals surface area contributed by atoms with Crippen molar-refractivity contribution in [1.82, 2.24) is 14.5 Å². The largest absolute Gasteiger partial charge is 0.335 e. The molecule has 2 fully saturated rings. The molecule has 0 N–H and O–H groups in total. The first-order valence-electron chi connectivity index (χ1n) is 11.6. The van der Waals surface area contributed by atoms with Gasteiger partial charge in [-0.15, -0.1) is 0 Å². The molecule has 5 rings (SSSR count). The molecule has 1 amide bonds. The summed E-state index contributed by atoms with van der Waals surface area (Å²) >= 11 is 0. The molecule has 0 unspecified atom stereocenters. The Kier molecular flexibility index (Phi) is 5.15. The van der Waals surface area contributed by atoms with Gasteiger partial charge in [0.1, 0.15) is 5.82 Å². The van der Waals surface area contributed by atoms with E-state index in [1.165, 1.54) is 38.5 Å². The van der Waals surface area contributed by atoms with Crippen LogP contribution in [0.2, 0.25) is 0 Å². The number of aryl methyl sites for hydroxylation is 1. The molecule has 1 aromatic carbocycles. The second-order valence-corrected chi connectivity index (χ2v) is 9.13. The maximum atomic E-state index is 13.4. The summed E-state index contributed by atoms with van der Waals surface area (Å²) in [5.41, 5.74) is 1.42. The van der Waals surface area contributed by atoms with Gasteiger partial charge >= 0.3 is 0 Å². The van der Waals surface area contributed by atoms with E-state index in [0.717, 1.165) is 51.0 Å². The summed E-state index contributed by atoms with van der Waals surface area (Å²) in [4.78, 5) is 33.4. The van der Waals surface area contributed by atoms with E-state index in [9.17, 15) is 9.59 Å². The van der Waals surface area contributed by atoms with E-state index >= 15 is 0 Å². The van der Waals surface area contributed by atoms with Gasteiger partial charge in [0.25, 0.3) is 11.5 Å². The molecule has 0 radical (unpaired) electrons. The van der Waals surface area contributed by atoms with Gasteiger partial charge in [-0.3, -0.25) is 14.2 Å². The number of carbonyl (C=O) groups is 1. The highest BCUT2D eigenvalue weighted by Crippen LogP contribution is 2.36. The molecule has 1 saturated heterocycles. The van der Waals surface area contributed by atoms with Crippen LogP contribution in [0.5, 0.6) is 0 Å². The highest BCUT2D eigenvalue weighted by atomic mass is 16.2. The van der Waals surface area contributed by atoms with E-state index in [2.05, 4.69) is 4.90 Å². The van der Waals surface area contributed by atoms with Gasteiger partial charge in [0.2, 0.25) is 0 Å². The van der Waals surface area contributed by atoms with Crippen LogP contribution in [0.15, 0.2) is 23.0 Å². The van der Waals surface area contributed by atoms with E-state index in [0.29, 0.717) is 28.4 Å². The number of amides is 1. The lowest BCUT2D eigenvalue weighted by Gasteiger charge is -2.44. The maximum absolute atomic E-state index is 13.4. The smallest absolute Gasteiger partial charge is 0.261 e. The molecule has 5 heteroatoms. The number of hydrogen-bond acceptors (Lipinski definition) is 3. The van der Waals surface area contributed by atoms with Crippen LogP contribution in [-0.2, 0) is 13.0 Å². The Morgan fingerprint density at radius 3 is 2.69 bits per heavy atom. The summed E-state index contributed by atoms with van der Waals surface area (Å²) in [5, 5.41) is 0.639. The molecule has 2 aliphatic heterocycles. The molecule has 1 aromatic heterocycles. The van der Waals surface area contributed by atoms with Gasteiger partial charge in [-0.2, -0.15) is 0 Å². The van der Waals surface area contributed by atoms with Crippen molar-refractivity contribution in [3.63, 3.8) is 0 Å². The number of fused-ring (bicyclic) bond motifs is 3. The molecule has 154 valence electrons. The number of aromatic nitrogens is 2. The van der Waals surface area contributed by atoms with Crippen LogP contribution in [0.4, 0.5) is 0 Å². The zero-order chi connectivity index (χ0) is 19.8. The summed E-state index contributed by atoms with van der Waals surface area (Å²) in [6, 6.07) is 5.93. The Labute approximate surface area is 172 Å². The molecule has 2 atom stereocenters. The van der Waals surface area contributed by atoms with Crippen LogP contribution in [0.25, 0.3) is 10.9 Å². The third-order valence-electron chi connectivity index (χ3n) is 7.32. The van der Waals surface area contributed by atoms with Gasteiger partial charge in [0.15, 0.2) is 0 Å². The van der Waals surface area contributed by atoms with Crippen LogP contribution in [0.3, 0.4) is 0 Å². The van der Waals surface area contributed by atoms with E-state index in [1.807, 2.05) is 22.8 Å². The Bertz CT molecular complexity index is 978. The molecule has 2 aromatic rings. The summed E-state index contributed by atoms with van der Waals surface area (Å²) in [6.45, 7) is 1.62. The fourth-order valence-electron chi connectivity index (χ4n) is 5.77. The fourth-order valence-corrected chi connectivity index (χ4v) is 5.77. The van der Waals surface area contributed by atoms with Crippen LogP contribution >= 0.6 is 0 Å².